The Labute approximate surface area is 187 Å². The van der Waals surface area contributed by atoms with Gasteiger partial charge in [0.25, 0.3) is 5.91 Å². The fourth-order valence-electron chi connectivity index (χ4n) is 3.00. The number of hydrogen-bond acceptors (Lipinski definition) is 9. The molecule has 0 bridgehead atoms. The van der Waals surface area contributed by atoms with Crippen molar-refractivity contribution in [2.24, 2.45) is 5.92 Å². The Balaban J connectivity index is 2.25. The maximum atomic E-state index is 13.7. The number of benzene rings is 1. The van der Waals surface area contributed by atoms with Gasteiger partial charge >= 0.3 is 13.7 Å². The molecule has 1 heterocycles. The van der Waals surface area contributed by atoms with E-state index in [9.17, 15) is 14.2 Å². The maximum Gasteiger partial charge on any atom is 0.459 e. The van der Waals surface area contributed by atoms with Crippen molar-refractivity contribution in [3.05, 3.63) is 30.3 Å². The summed E-state index contributed by atoms with van der Waals surface area (Å²) in [7, 11) is -4.17. The van der Waals surface area contributed by atoms with Crippen LogP contribution in [0.1, 0.15) is 34.6 Å². The van der Waals surface area contributed by atoms with Crippen molar-refractivity contribution >= 4 is 19.6 Å². The number of para-hydroxylation sites is 1. The molecule has 0 aliphatic carbocycles. The molecule has 1 aliphatic heterocycles. The number of rotatable bonds is 11. The summed E-state index contributed by atoms with van der Waals surface area (Å²) in [4.78, 5) is 24.4. The molecule has 180 valence electrons. The monoisotopic (exact) mass is 474 g/mol. The van der Waals surface area contributed by atoms with Crippen LogP contribution in [0.2, 0.25) is 0 Å². The molecule has 1 saturated heterocycles. The minimum atomic E-state index is -4.17. The van der Waals surface area contributed by atoms with E-state index >= 15 is 0 Å². The molecule has 1 aliphatic rings. The first-order valence-electron chi connectivity index (χ1n) is 10.2. The van der Waals surface area contributed by atoms with Crippen molar-refractivity contribution in [3.8, 4) is 5.75 Å². The van der Waals surface area contributed by atoms with Gasteiger partial charge in [0, 0.05) is 0 Å². The second-order valence-electron chi connectivity index (χ2n) is 7.87. The van der Waals surface area contributed by atoms with Gasteiger partial charge < -0.3 is 18.7 Å². The summed E-state index contributed by atoms with van der Waals surface area (Å²) in [6.07, 6.45) is -2.22. The van der Waals surface area contributed by atoms with Crippen molar-refractivity contribution < 1.29 is 42.6 Å². The summed E-state index contributed by atoms with van der Waals surface area (Å²) in [5, 5.41) is 11.6. The lowest BCUT2D eigenvalue weighted by Crippen LogP contribution is -2.43. The second-order valence-corrected chi connectivity index (χ2v) is 9.56. The molecular formula is C20H31N2O9P. The number of nitrogens with one attached hydrogen (secondary N) is 2. The van der Waals surface area contributed by atoms with E-state index in [1.165, 1.54) is 5.48 Å². The van der Waals surface area contributed by atoms with Crippen LogP contribution in [0.5, 0.6) is 5.75 Å². The molecule has 1 aromatic carbocycles. The van der Waals surface area contributed by atoms with Crippen LogP contribution in [0.4, 0.5) is 0 Å². The first kappa shape index (κ1) is 26.2. The molecule has 11 nitrogen and oxygen atoms in total. The van der Waals surface area contributed by atoms with Crippen molar-refractivity contribution in [1.29, 1.82) is 0 Å². The predicted octanol–water partition coefficient (Wildman–Crippen LogP) is 2.39. The van der Waals surface area contributed by atoms with E-state index in [1.54, 1.807) is 65.0 Å². The minimum absolute atomic E-state index is 0.148. The highest BCUT2D eigenvalue weighted by atomic mass is 31.2. The fraction of sp³-hybridized carbons (Fsp3) is 0.600. The molecule has 0 saturated carbocycles. The fourth-order valence-corrected chi connectivity index (χ4v) is 4.67. The van der Waals surface area contributed by atoms with Crippen molar-refractivity contribution in [3.63, 3.8) is 0 Å². The number of carbonyl (C=O) groups is 2. The normalized spacial score (nSPS) is 22.7. The topological polar surface area (TPSA) is 142 Å². The molecule has 0 radical (unpaired) electrons. The summed E-state index contributed by atoms with van der Waals surface area (Å²) >= 11 is 0. The van der Waals surface area contributed by atoms with E-state index in [0.29, 0.717) is 0 Å². The average Bonchev–Trinajstić information content (AvgIpc) is 3.05. The van der Waals surface area contributed by atoms with Gasteiger partial charge in [-0.1, -0.05) is 32.0 Å². The molecule has 1 aromatic rings. The van der Waals surface area contributed by atoms with Gasteiger partial charge in [-0.15, -0.1) is 0 Å². The largest absolute Gasteiger partial charge is 0.465 e. The van der Waals surface area contributed by atoms with Crippen molar-refractivity contribution in [2.75, 3.05) is 13.2 Å². The Hall–Kier alpha value is -2.01. The predicted molar refractivity (Wildman–Crippen MR) is 113 cm³/mol. The van der Waals surface area contributed by atoms with Gasteiger partial charge in [-0.3, -0.25) is 19.3 Å². The Kier molecular flexibility index (Phi) is 9.20. The molecule has 0 aromatic heterocycles. The van der Waals surface area contributed by atoms with Gasteiger partial charge in [-0.2, -0.15) is 5.09 Å². The summed E-state index contributed by atoms with van der Waals surface area (Å²) < 4.78 is 41.1. The molecule has 1 unspecified atom stereocenters. The van der Waals surface area contributed by atoms with Gasteiger partial charge in [0.05, 0.1) is 13.2 Å². The lowest BCUT2D eigenvalue weighted by atomic mass is 10.1. The van der Waals surface area contributed by atoms with E-state index in [-0.39, 0.29) is 18.3 Å². The number of amides is 1. The number of hydrogen-bond donors (Lipinski definition) is 3. The Morgan fingerprint density at radius 2 is 1.88 bits per heavy atom. The Morgan fingerprint density at radius 3 is 2.44 bits per heavy atom. The second kappa shape index (κ2) is 11.2. The molecule has 4 atom stereocenters. The number of carbonyl (C=O) groups excluding carboxylic acids is 2. The number of hydroxylamine groups is 1. The minimum Gasteiger partial charge on any atom is -0.465 e. The van der Waals surface area contributed by atoms with E-state index in [4.69, 9.17) is 28.5 Å². The standard InChI is InChI=1S/C20H31N2O9P/c1-6-27-19(24)16(13(2)3)22-32(26,31-14-10-8-7-9-11-14)28-12-15-17(18(23)21-25)30-20(4,5)29-15/h7-11,13,15-17,25H,6,12H2,1-5H3,(H,21,23)(H,22,26)/t15-,16+,17-,32?/m1/s1. The molecule has 32 heavy (non-hydrogen) atoms. The molecule has 2 rings (SSSR count). The highest BCUT2D eigenvalue weighted by Crippen LogP contribution is 2.46. The third-order valence-electron chi connectivity index (χ3n) is 4.43. The quantitative estimate of drug-likeness (QED) is 0.189. The van der Waals surface area contributed by atoms with E-state index in [2.05, 4.69) is 5.09 Å². The smallest absolute Gasteiger partial charge is 0.459 e. The van der Waals surface area contributed by atoms with E-state index in [0.717, 1.165) is 0 Å². The highest BCUT2D eigenvalue weighted by molar-refractivity contribution is 7.52. The first-order valence-corrected chi connectivity index (χ1v) is 11.8. The lowest BCUT2D eigenvalue weighted by Gasteiger charge is -2.27. The van der Waals surface area contributed by atoms with Crippen LogP contribution in [0, 0.1) is 5.92 Å². The lowest BCUT2D eigenvalue weighted by molar-refractivity contribution is -0.160. The number of ether oxygens (including phenoxy) is 3. The highest BCUT2D eigenvalue weighted by Gasteiger charge is 2.47. The Morgan fingerprint density at radius 1 is 1.22 bits per heavy atom. The molecular weight excluding hydrogens is 443 g/mol. The zero-order chi connectivity index (χ0) is 23.9. The zero-order valence-electron chi connectivity index (χ0n) is 18.8. The maximum absolute atomic E-state index is 13.7. The third-order valence-corrected chi connectivity index (χ3v) is 5.97. The van der Waals surface area contributed by atoms with Crippen LogP contribution in [-0.4, -0.2) is 54.3 Å². The van der Waals surface area contributed by atoms with E-state index < -0.39 is 50.3 Å². The van der Waals surface area contributed by atoms with Gasteiger partial charge in [0.15, 0.2) is 11.9 Å². The molecule has 3 N–H and O–H groups in total. The Bertz CT molecular complexity index is 819. The molecule has 1 fully saturated rings. The summed E-state index contributed by atoms with van der Waals surface area (Å²) in [5.74, 6) is -2.66. The van der Waals surface area contributed by atoms with Crippen LogP contribution >= 0.6 is 7.75 Å². The van der Waals surface area contributed by atoms with Crippen LogP contribution in [0.15, 0.2) is 30.3 Å². The van der Waals surface area contributed by atoms with E-state index in [1.807, 2.05) is 0 Å². The van der Waals surface area contributed by atoms with Crippen LogP contribution in [0.25, 0.3) is 0 Å². The van der Waals surface area contributed by atoms with Crippen LogP contribution in [-0.2, 0) is 32.9 Å². The van der Waals surface area contributed by atoms with Crippen LogP contribution in [0.3, 0.4) is 0 Å². The third kappa shape index (κ3) is 7.26. The zero-order valence-corrected chi connectivity index (χ0v) is 19.7. The van der Waals surface area contributed by atoms with Crippen molar-refractivity contribution in [2.45, 2.75) is 58.7 Å². The molecule has 1 amide bonds. The SMILES string of the molecule is CCOC(=O)[C@@H](NP(=O)(OC[C@H]1OC(C)(C)O[C@H]1C(=O)NO)Oc1ccccc1)C(C)C. The van der Waals surface area contributed by atoms with Gasteiger partial charge in [-0.25, -0.2) is 10.0 Å². The van der Waals surface area contributed by atoms with Gasteiger partial charge in [0.1, 0.15) is 17.9 Å². The van der Waals surface area contributed by atoms with Crippen LogP contribution < -0.4 is 15.1 Å². The molecule has 12 heteroatoms. The first-order chi connectivity index (χ1) is 15.0. The summed E-state index contributed by atoms with van der Waals surface area (Å²) in [6.45, 7) is 8.08. The molecule has 0 spiro atoms. The van der Waals surface area contributed by atoms with Gasteiger partial charge in [0.2, 0.25) is 0 Å². The van der Waals surface area contributed by atoms with Crippen molar-refractivity contribution in [1.82, 2.24) is 10.6 Å². The number of esters is 1. The average molecular weight is 474 g/mol. The summed E-state index contributed by atoms with van der Waals surface area (Å²) in [5.41, 5.74) is 1.51. The summed E-state index contributed by atoms with van der Waals surface area (Å²) in [6, 6.07) is 7.29. The van der Waals surface area contributed by atoms with Gasteiger partial charge in [-0.05, 0) is 38.8 Å².